The first-order valence-electron chi connectivity index (χ1n) is 7.50. The smallest absolute Gasteiger partial charge is 0.351 e. The molecule has 0 saturated carbocycles. The summed E-state index contributed by atoms with van der Waals surface area (Å²) in [6, 6.07) is 9.51. The molecule has 0 fully saturated rings. The Bertz CT molecular complexity index is 679. The van der Waals surface area contributed by atoms with Crippen LogP contribution in [0.15, 0.2) is 34.7 Å². The normalized spacial score (nSPS) is 12.6. The van der Waals surface area contributed by atoms with Gasteiger partial charge in [0.05, 0.1) is 5.25 Å². The standard InChI is InChI=1S/C15H17F3N4OS2/c1-2-11(12(23)19-8-10-6-4-3-5-7-10)24-14-22-21-13(25-14)20-9-15(16,17)18/h3-7,11H,2,8-9H2,1H3,(H,19,23)(H,20,21). The van der Waals surface area contributed by atoms with Crippen LogP contribution in [0.2, 0.25) is 0 Å². The largest absolute Gasteiger partial charge is 0.405 e. The molecule has 0 saturated heterocycles. The van der Waals surface area contributed by atoms with Crippen molar-refractivity contribution in [2.45, 2.75) is 35.7 Å². The monoisotopic (exact) mass is 390 g/mol. The molecule has 0 bridgehead atoms. The van der Waals surface area contributed by atoms with Gasteiger partial charge in [0, 0.05) is 6.54 Å². The van der Waals surface area contributed by atoms with E-state index in [4.69, 9.17) is 0 Å². The van der Waals surface area contributed by atoms with Crippen molar-refractivity contribution >= 4 is 34.1 Å². The minimum absolute atomic E-state index is 0.0828. The molecule has 136 valence electrons. The molecule has 2 rings (SSSR count). The second kappa shape index (κ2) is 9.04. The first-order valence-corrected chi connectivity index (χ1v) is 9.19. The molecule has 1 amide bonds. The fourth-order valence-corrected chi connectivity index (χ4v) is 3.79. The van der Waals surface area contributed by atoms with Crippen molar-refractivity contribution in [3.05, 3.63) is 35.9 Å². The summed E-state index contributed by atoms with van der Waals surface area (Å²) in [6.07, 6.45) is -3.75. The molecule has 0 radical (unpaired) electrons. The third-order valence-corrected chi connectivity index (χ3v) is 5.39. The van der Waals surface area contributed by atoms with E-state index in [0.717, 1.165) is 16.9 Å². The fourth-order valence-electron chi connectivity index (χ4n) is 1.85. The average molecular weight is 390 g/mol. The maximum Gasteiger partial charge on any atom is 0.405 e. The summed E-state index contributed by atoms with van der Waals surface area (Å²) in [7, 11) is 0. The highest BCUT2D eigenvalue weighted by Gasteiger charge is 2.27. The van der Waals surface area contributed by atoms with Gasteiger partial charge in [-0.05, 0) is 12.0 Å². The number of nitrogens with one attached hydrogen (secondary N) is 2. The Morgan fingerprint density at radius 1 is 1.28 bits per heavy atom. The molecule has 2 aromatic rings. The van der Waals surface area contributed by atoms with E-state index in [1.54, 1.807) is 0 Å². The van der Waals surface area contributed by atoms with Crippen molar-refractivity contribution in [2.24, 2.45) is 0 Å². The summed E-state index contributed by atoms with van der Waals surface area (Å²) in [5, 5.41) is 12.2. The van der Waals surface area contributed by atoms with Gasteiger partial charge in [0.2, 0.25) is 11.0 Å². The zero-order valence-electron chi connectivity index (χ0n) is 13.3. The maximum absolute atomic E-state index is 12.3. The maximum atomic E-state index is 12.3. The average Bonchev–Trinajstić information content (AvgIpc) is 3.04. The Morgan fingerprint density at radius 3 is 2.64 bits per heavy atom. The SMILES string of the molecule is CCC(Sc1nnc(NCC(F)(F)F)s1)C(=O)NCc1ccccc1. The third kappa shape index (κ3) is 6.91. The number of hydrogen-bond donors (Lipinski definition) is 2. The van der Waals surface area contributed by atoms with Crippen LogP contribution in [0.5, 0.6) is 0 Å². The third-order valence-electron chi connectivity index (χ3n) is 3.06. The number of anilines is 1. The summed E-state index contributed by atoms with van der Waals surface area (Å²) in [6.45, 7) is 1.12. The first kappa shape index (κ1) is 19.5. The van der Waals surface area contributed by atoms with Crippen LogP contribution < -0.4 is 10.6 Å². The number of alkyl halides is 3. The van der Waals surface area contributed by atoms with Crippen molar-refractivity contribution in [3.8, 4) is 0 Å². The van der Waals surface area contributed by atoms with Gasteiger partial charge in [-0.1, -0.05) is 60.4 Å². The fraction of sp³-hybridized carbons (Fsp3) is 0.400. The molecular formula is C15H17F3N4OS2. The van der Waals surface area contributed by atoms with Crippen LogP contribution in [0.1, 0.15) is 18.9 Å². The molecule has 0 spiro atoms. The molecule has 1 atom stereocenters. The molecule has 1 aromatic carbocycles. The highest BCUT2D eigenvalue weighted by Crippen LogP contribution is 2.31. The second-order valence-corrected chi connectivity index (χ2v) is 7.49. The zero-order chi connectivity index (χ0) is 18.3. The van der Waals surface area contributed by atoms with Gasteiger partial charge in [-0.15, -0.1) is 10.2 Å². The van der Waals surface area contributed by atoms with Crippen molar-refractivity contribution in [1.29, 1.82) is 0 Å². The van der Waals surface area contributed by atoms with Crippen molar-refractivity contribution in [3.63, 3.8) is 0 Å². The van der Waals surface area contributed by atoms with Crippen LogP contribution in [-0.4, -0.2) is 34.1 Å². The molecule has 1 unspecified atom stereocenters. The number of thioether (sulfide) groups is 1. The van der Waals surface area contributed by atoms with E-state index < -0.39 is 12.7 Å². The van der Waals surface area contributed by atoms with Crippen LogP contribution >= 0.6 is 23.1 Å². The molecule has 10 heteroatoms. The number of amides is 1. The molecular weight excluding hydrogens is 373 g/mol. The van der Waals surface area contributed by atoms with Gasteiger partial charge >= 0.3 is 6.18 Å². The van der Waals surface area contributed by atoms with Crippen molar-refractivity contribution < 1.29 is 18.0 Å². The van der Waals surface area contributed by atoms with Gasteiger partial charge in [0.25, 0.3) is 0 Å². The van der Waals surface area contributed by atoms with Crippen LogP contribution in [0.3, 0.4) is 0 Å². The molecule has 2 N–H and O–H groups in total. The molecule has 1 heterocycles. The van der Waals surface area contributed by atoms with Crippen LogP contribution in [-0.2, 0) is 11.3 Å². The van der Waals surface area contributed by atoms with E-state index in [-0.39, 0.29) is 16.3 Å². The van der Waals surface area contributed by atoms with Crippen molar-refractivity contribution in [2.75, 3.05) is 11.9 Å². The second-order valence-electron chi connectivity index (χ2n) is 5.06. The number of halogens is 3. The van der Waals surface area contributed by atoms with Crippen LogP contribution in [0, 0.1) is 0 Å². The zero-order valence-corrected chi connectivity index (χ0v) is 15.0. The van der Waals surface area contributed by atoms with E-state index >= 15 is 0 Å². The number of carbonyl (C=O) groups is 1. The number of nitrogens with zero attached hydrogens (tertiary/aromatic N) is 2. The predicted octanol–water partition coefficient (Wildman–Crippen LogP) is 3.70. The number of carbonyl (C=O) groups excluding carboxylic acids is 1. The van der Waals surface area contributed by atoms with Crippen LogP contribution in [0.25, 0.3) is 0 Å². The molecule has 5 nitrogen and oxygen atoms in total. The highest BCUT2D eigenvalue weighted by molar-refractivity contribution is 8.02. The summed E-state index contributed by atoms with van der Waals surface area (Å²) in [4.78, 5) is 12.3. The van der Waals surface area contributed by atoms with E-state index in [2.05, 4.69) is 20.8 Å². The molecule has 0 aliphatic carbocycles. The quantitative estimate of drug-likeness (QED) is 0.673. The number of hydrogen-bond acceptors (Lipinski definition) is 6. The number of aromatic nitrogens is 2. The lowest BCUT2D eigenvalue weighted by Gasteiger charge is -2.13. The predicted molar refractivity (Wildman–Crippen MR) is 92.7 cm³/mol. The summed E-state index contributed by atoms with van der Waals surface area (Å²) in [5.74, 6) is -0.142. The first-order chi connectivity index (χ1) is 11.9. The van der Waals surface area contributed by atoms with Gasteiger partial charge in [-0.25, -0.2) is 0 Å². The Hall–Kier alpha value is -1.81. The van der Waals surface area contributed by atoms with E-state index in [0.29, 0.717) is 17.3 Å². The molecule has 1 aromatic heterocycles. The minimum Gasteiger partial charge on any atom is -0.351 e. The molecule has 0 aliphatic heterocycles. The van der Waals surface area contributed by atoms with E-state index in [9.17, 15) is 18.0 Å². The lowest BCUT2D eigenvalue weighted by atomic mass is 10.2. The topological polar surface area (TPSA) is 66.9 Å². The van der Waals surface area contributed by atoms with Gasteiger partial charge in [0.15, 0.2) is 4.34 Å². The summed E-state index contributed by atoms with van der Waals surface area (Å²) >= 11 is 2.20. The Kier molecular flexibility index (Phi) is 7.06. The Morgan fingerprint density at radius 2 is 2.00 bits per heavy atom. The van der Waals surface area contributed by atoms with Crippen molar-refractivity contribution in [1.82, 2.24) is 15.5 Å². The molecule has 0 aliphatic rings. The van der Waals surface area contributed by atoms with Gasteiger partial charge in [-0.3, -0.25) is 4.79 Å². The number of benzene rings is 1. The molecule has 25 heavy (non-hydrogen) atoms. The van der Waals surface area contributed by atoms with Crippen LogP contribution in [0.4, 0.5) is 18.3 Å². The summed E-state index contributed by atoms with van der Waals surface area (Å²) < 4.78 is 37.0. The highest BCUT2D eigenvalue weighted by atomic mass is 32.2. The number of rotatable bonds is 8. The minimum atomic E-state index is -4.32. The lowest BCUT2D eigenvalue weighted by Crippen LogP contribution is -2.31. The lowest BCUT2D eigenvalue weighted by molar-refractivity contribution is -0.120. The Balaban J connectivity index is 1.86. The Labute approximate surface area is 151 Å². The van der Waals surface area contributed by atoms with E-state index in [1.807, 2.05) is 37.3 Å². The van der Waals surface area contributed by atoms with Gasteiger partial charge in [-0.2, -0.15) is 13.2 Å². The van der Waals surface area contributed by atoms with Gasteiger partial charge < -0.3 is 10.6 Å². The summed E-state index contributed by atoms with van der Waals surface area (Å²) in [5.41, 5.74) is 0.991. The van der Waals surface area contributed by atoms with E-state index in [1.165, 1.54) is 11.8 Å². The van der Waals surface area contributed by atoms with Gasteiger partial charge in [0.1, 0.15) is 6.54 Å².